The summed E-state index contributed by atoms with van der Waals surface area (Å²) in [4.78, 5) is 11.0. The summed E-state index contributed by atoms with van der Waals surface area (Å²) in [6, 6.07) is 14.5. The molecule has 3 nitrogen and oxygen atoms in total. The number of carbonyl (C=O) groups is 1. The zero-order valence-electron chi connectivity index (χ0n) is 11.3. The van der Waals surface area contributed by atoms with Gasteiger partial charge in [-0.3, -0.25) is 4.79 Å². The van der Waals surface area contributed by atoms with Crippen LogP contribution in [0.2, 0.25) is 0 Å². The second kappa shape index (κ2) is 7.34. The lowest BCUT2D eigenvalue weighted by Gasteiger charge is -1.96. The Morgan fingerprint density at radius 1 is 0.947 bits per heavy atom. The van der Waals surface area contributed by atoms with E-state index in [0.29, 0.717) is 11.3 Å². The fraction of sp³-hybridized carbons (Fsp3) is 0.188. The molecule has 2 aromatic rings. The minimum Gasteiger partial charge on any atom is -0.508 e. The lowest BCUT2D eigenvalue weighted by atomic mass is 10.1. The Labute approximate surface area is 113 Å². The molecule has 0 radical (unpaired) electrons. The summed E-state index contributed by atoms with van der Waals surface area (Å²) in [6.45, 7) is 4.05. The number of hydrogen-bond donors (Lipinski definition) is 2. The average molecular weight is 257 g/mol. The van der Waals surface area contributed by atoms with E-state index in [1.165, 1.54) is 5.56 Å². The van der Waals surface area contributed by atoms with Gasteiger partial charge in [-0.05, 0) is 26.0 Å². The molecular formula is C16H19NO2. The zero-order valence-corrected chi connectivity index (χ0v) is 11.3. The third-order valence-corrected chi connectivity index (χ3v) is 2.59. The first kappa shape index (κ1) is 14.9. The van der Waals surface area contributed by atoms with Crippen molar-refractivity contribution in [3.63, 3.8) is 0 Å². The van der Waals surface area contributed by atoms with E-state index in [9.17, 15) is 4.79 Å². The number of carbonyl (C=O) groups excluding carboxylic acids is 1. The summed E-state index contributed by atoms with van der Waals surface area (Å²) >= 11 is 0. The molecule has 0 amide bonds. The number of nitrogens with two attached hydrogens (primary N) is 1. The second-order valence-corrected chi connectivity index (χ2v) is 4.33. The maximum Gasteiger partial charge on any atom is 0.176 e. The molecule has 2 rings (SSSR count). The van der Waals surface area contributed by atoms with Crippen LogP contribution in [-0.4, -0.2) is 17.4 Å². The molecule has 100 valence electrons. The highest BCUT2D eigenvalue weighted by atomic mass is 16.3. The van der Waals surface area contributed by atoms with Crippen LogP contribution in [0.4, 0.5) is 0 Å². The monoisotopic (exact) mass is 257 g/mol. The Morgan fingerprint density at radius 3 is 1.74 bits per heavy atom. The van der Waals surface area contributed by atoms with E-state index in [2.05, 4.69) is 0 Å². The normalized spacial score (nSPS) is 9.42. The molecule has 0 fully saturated rings. The molecule has 2 aromatic carbocycles. The summed E-state index contributed by atoms with van der Waals surface area (Å²) in [5, 5.41) is 8.76. The van der Waals surface area contributed by atoms with Crippen LogP contribution in [0.25, 0.3) is 0 Å². The molecule has 0 unspecified atom stereocenters. The highest BCUT2D eigenvalue weighted by molar-refractivity contribution is 5.97. The van der Waals surface area contributed by atoms with Crippen molar-refractivity contribution in [2.45, 2.75) is 13.8 Å². The van der Waals surface area contributed by atoms with Gasteiger partial charge in [0.25, 0.3) is 0 Å². The Morgan fingerprint density at radius 2 is 1.37 bits per heavy atom. The maximum atomic E-state index is 11.0. The third-order valence-electron chi connectivity index (χ3n) is 2.59. The summed E-state index contributed by atoms with van der Waals surface area (Å²) in [6.07, 6.45) is 0. The van der Waals surface area contributed by atoms with Crippen molar-refractivity contribution < 1.29 is 9.90 Å². The van der Waals surface area contributed by atoms with E-state index in [0.717, 1.165) is 5.56 Å². The Bertz CT molecular complexity index is 494. The Balaban J connectivity index is 0.000000200. The van der Waals surface area contributed by atoms with Gasteiger partial charge < -0.3 is 10.8 Å². The first-order valence-electron chi connectivity index (χ1n) is 6.08. The quantitative estimate of drug-likeness (QED) is 0.813. The van der Waals surface area contributed by atoms with Crippen molar-refractivity contribution >= 4 is 5.78 Å². The Hall–Kier alpha value is -2.13. The van der Waals surface area contributed by atoms with Gasteiger partial charge in [0, 0.05) is 5.56 Å². The Kier molecular flexibility index (Phi) is 5.76. The van der Waals surface area contributed by atoms with Crippen molar-refractivity contribution in [2.75, 3.05) is 6.54 Å². The number of phenolic OH excluding ortho intramolecular Hbond substituents is 1. The summed E-state index contributed by atoms with van der Waals surface area (Å²) in [5.41, 5.74) is 8.21. The summed E-state index contributed by atoms with van der Waals surface area (Å²) in [7, 11) is 0. The number of phenols is 1. The molecule has 0 atom stereocenters. The predicted molar refractivity (Wildman–Crippen MR) is 77.4 cm³/mol. The number of aryl methyl sites for hydroxylation is 2. The van der Waals surface area contributed by atoms with Gasteiger partial charge in [-0.1, -0.05) is 47.5 Å². The summed E-state index contributed by atoms with van der Waals surface area (Å²) in [5.74, 6) is 0.320. The highest BCUT2D eigenvalue weighted by Gasteiger charge is 2.00. The van der Waals surface area contributed by atoms with Crippen LogP contribution in [0.5, 0.6) is 5.75 Å². The van der Waals surface area contributed by atoms with Gasteiger partial charge in [-0.15, -0.1) is 0 Å². The first-order valence-corrected chi connectivity index (χ1v) is 6.08. The van der Waals surface area contributed by atoms with Crippen molar-refractivity contribution in [2.24, 2.45) is 5.73 Å². The molecule has 0 saturated heterocycles. The summed E-state index contributed by atoms with van der Waals surface area (Å²) < 4.78 is 0. The number of rotatable bonds is 2. The van der Waals surface area contributed by atoms with Gasteiger partial charge in [0.1, 0.15) is 5.75 Å². The molecule has 3 N–H and O–H groups in total. The molecule has 0 aliphatic carbocycles. The van der Waals surface area contributed by atoms with Gasteiger partial charge in [0.05, 0.1) is 6.54 Å². The average Bonchev–Trinajstić information content (AvgIpc) is 2.43. The molecule has 0 spiro atoms. The van der Waals surface area contributed by atoms with Gasteiger partial charge in [-0.2, -0.15) is 0 Å². The van der Waals surface area contributed by atoms with Gasteiger partial charge >= 0.3 is 0 Å². The molecule has 0 aromatic heterocycles. The minimum absolute atomic E-state index is 0.00926. The number of hydrogen-bond acceptors (Lipinski definition) is 3. The van der Waals surface area contributed by atoms with Crippen molar-refractivity contribution in [3.05, 3.63) is 65.2 Å². The largest absolute Gasteiger partial charge is 0.508 e. The molecule has 0 aliphatic heterocycles. The van der Waals surface area contributed by atoms with E-state index in [4.69, 9.17) is 10.8 Å². The van der Waals surface area contributed by atoms with E-state index < -0.39 is 0 Å². The zero-order chi connectivity index (χ0) is 14.3. The van der Waals surface area contributed by atoms with Crippen LogP contribution in [0.3, 0.4) is 0 Å². The van der Waals surface area contributed by atoms with Crippen molar-refractivity contribution in [3.8, 4) is 5.75 Å². The fourth-order valence-electron chi connectivity index (χ4n) is 1.40. The lowest BCUT2D eigenvalue weighted by Crippen LogP contribution is -2.13. The molecular weight excluding hydrogens is 238 g/mol. The van der Waals surface area contributed by atoms with Crippen molar-refractivity contribution in [1.82, 2.24) is 0 Å². The molecule has 0 heterocycles. The van der Waals surface area contributed by atoms with Crippen molar-refractivity contribution in [1.29, 1.82) is 0 Å². The molecule has 0 saturated carbocycles. The minimum atomic E-state index is -0.00926. The number of benzene rings is 2. The molecule has 19 heavy (non-hydrogen) atoms. The van der Waals surface area contributed by atoms with Crippen LogP contribution in [-0.2, 0) is 0 Å². The van der Waals surface area contributed by atoms with Gasteiger partial charge in [-0.25, -0.2) is 0 Å². The van der Waals surface area contributed by atoms with E-state index in [1.807, 2.05) is 38.1 Å². The fourth-order valence-corrected chi connectivity index (χ4v) is 1.40. The lowest BCUT2D eigenvalue weighted by molar-refractivity contribution is 0.100. The van der Waals surface area contributed by atoms with Crippen LogP contribution >= 0.6 is 0 Å². The smallest absolute Gasteiger partial charge is 0.176 e. The predicted octanol–water partition coefficient (Wildman–Crippen LogP) is 2.84. The van der Waals surface area contributed by atoms with E-state index in [-0.39, 0.29) is 12.3 Å². The molecule has 0 bridgehead atoms. The number of Topliss-reactive ketones (excluding diaryl/α,β-unsaturated/α-hetero) is 1. The first-order chi connectivity index (χ1) is 9.02. The van der Waals surface area contributed by atoms with Crippen LogP contribution in [0.15, 0.2) is 48.5 Å². The van der Waals surface area contributed by atoms with Crippen LogP contribution in [0, 0.1) is 13.8 Å². The molecule has 0 aliphatic rings. The van der Waals surface area contributed by atoms with Crippen LogP contribution < -0.4 is 5.73 Å². The van der Waals surface area contributed by atoms with E-state index >= 15 is 0 Å². The number of ketones is 1. The SMILES string of the molecule is Cc1ccc(C(=O)CN)cc1.Cc1ccc(O)cc1. The van der Waals surface area contributed by atoms with Gasteiger partial charge in [0.2, 0.25) is 0 Å². The maximum absolute atomic E-state index is 11.0. The molecule has 3 heteroatoms. The number of aromatic hydroxyl groups is 1. The topological polar surface area (TPSA) is 63.3 Å². The van der Waals surface area contributed by atoms with E-state index in [1.54, 1.807) is 24.3 Å². The second-order valence-electron chi connectivity index (χ2n) is 4.33. The highest BCUT2D eigenvalue weighted by Crippen LogP contribution is 2.07. The van der Waals surface area contributed by atoms with Gasteiger partial charge in [0.15, 0.2) is 5.78 Å². The standard InChI is InChI=1S/C9H11NO.C7H8O/c1-7-2-4-8(5-3-7)9(11)6-10;1-6-2-4-7(8)5-3-6/h2-5H,6,10H2,1H3;2-5,8H,1H3. The van der Waals surface area contributed by atoms with Crippen LogP contribution in [0.1, 0.15) is 21.5 Å². The third kappa shape index (κ3) is 5.36.